The van der Waals surface area contributed by atoms with Crippen molar-refractivity contribution in [3.8, 4) is 0 Å². The van der Waals surface area contributed by atoms with Gasteiger partial charge < -0.3 is 9.80 Å². The summed E-state index contributed by atoms with van der Waals surface area (Å²) in [6, 6.07) is 11.8. The van der Waals surface area contributed by atoms with Crippen molar-refractivity contribution in [2.24, 2.45) is 0 Å². The van der Waals surface area contributed by atoms with E-state index in [2.05, 4.69) is 4.90 Å². The lowest BCUT2D eigenvalue weighted by Gasteiger charge is -2.37. The lowest BCUT2D eigenvalue weighted by atomic mass is 10.1. The first-order valence-corrected chi connectivity index (χ1v) is 10.1. The summed E-state index contributed by atoms with van der Waals surface area (Å²) in [7, 11) is 0. The van der Waals surface area contributed by atoms with Gasteiger partial charge in [-0.1, -0.05) is 18.2 Å². The van der Waals surface area contributed by atoms with Crippen molar-refractivity contribution in [3.05, 3.63) is 52.7 Å². The van der Waals surface area contributed by atoms with E-state index in [4.69, 9.17) is 0 Å². The summed E-state index contributed by atoms with van der Waals surface area (Å²) in [5, 5.41) is 4.04. The van der Waals surface area contributed by atoms with Crippen molar-refractivity contribution in [2.45, 2.75) is 18.9 Å². The number of carbonyl (C=O) groups is 2. The van der Waals surface area contributed by atoms with Crippen LogP contribution < -0.4 is 4.90 Å². The van der Waals surface area contributed by atoms with Crippen molar-refractivity contribution in [1.82, 2.24) is 9.80 Å². The van der Waals surface area contributed by atoms with Crippen LogP contribution in [0, 0.1) is 0 Å². The average Bonchev–Trinajstić information content (AvgIpc) is 3.32. The van der Waals surface area contributed by atoms with Crippen LogP contribution in [0.25, 0.3) is 0 Å². The number of nitrogens with zero attached hydrogens (tertiary/aromatic N) is 3. The molecule has 0 aliphatic carbocycles. The Morgan fingerprint density at radius 2 is 1.81 bits per heavy atom. The van der Waals surface area contributed by atoms with Crippen molar-refractivity contribution in [1.29, 1.82) is 0 Å². The second-order valence-corrected chi connectivity index (χ2v) is 7.64. The van der Waals surface area contributed by atoms with Gasteiger partial charge in [0.05, 0.1) is 12.5 Å². The van der Waals surface area contributed by atoms with Gasteiger partial charge in [0.2, 0.25) is 11.8 Å². The van der Waals surface area contributed by atoms with E-state index in [1.807, 2.05) is 57.0 Å². The van der Waals surface area contributed by atoms with Gasteiger partial charge in [0.25, 0.3) is 0 Å². The molecule has 3 heterocycles. The maximum absolute atomic E-state index is 12.8. The van der Waals surface area contributed by atoms with Crippen LogP contribution in [0.15, 0.2) is 47.2 Å². The van der Waals surface area contributed by atoms with E-state index in [0.717, 1.165) is 37.3 Å². The predicted octanol–water partition coefficient (Wildman–Crippen LogP) is 2.24. The molecule has 2 aromatic rings. The molecular formula is C20H23N3O2S. The first-order valence-electron chi connectivity index (χ1n) is 9.12. The highest BCUT2D eigenvalue weighted by atomic mass is 32.1. The summed E-state index contributed by atoms with van der Waals surface area (Å²) in [4.78, 5) is 31.3. The van der Waals surface area contributed by atoms with E-state index in [1.165, 1.54) is 0 Å². The number of hydrogen-bond acceptors (Lipinski definition) is 4. The Morgan fingerprint density at radius 3 is 2.50 bits per heavy atom. The molecule has 2 aliphatic heterocycles. The van der Waals surface area contributed by atoms with Crippen molar-refractivity contribution in [2.75, 3.05) is 37.6 Å². The Bertz CT molecular complexity index is 755. The summed E-state index contributed by atoms with van der Waals surface area (Å²) >= 11 is 1.62. The van der Waals surface area contributed by atoms with Gasteiger partial charge in [0.15, 0.2) is 0 Å². The summed E-state index contributed by atoms with van der Waals surface area (Å²) in [6.45, 7) is 3.73. The first-order chi connectivity index (χ1) is 12.7. The third-order valence-electron chi connectivity index (χ3n) is 5.29. The molecule has 0 saturated carbocycles. The van der Waals surface area contributed by atoms with E-state index in [0.29, 0.717) is 19.5 Å². The zero-order valence-corrected chi connectivity index (χ0v) is 15.5. The third kappa shape index (κ3) is 3.52. The Labute approximate surface area is 157 Å². The van der Waals surface area contributed by atoms with Crippen LogP contribution in [0.3, 0.4) is 0 Å². The highest BCUT2D eigenvalue weighted by Gasteiger charge is 2.38. The lowest BCUT2D eigenvalue weighted by molar-refractivity contribution is -0.133. The van der Waals surface area contributed by atoms with Crippen LogP contribution in [-0.2, 0) is 16.0 Å². The highest BCUT2D eigenvalue weighted by molar-refractivity contribution is 7.08. The summed E-state index contributed by atoms with van der Waals surface area (Å²) < 4.78 is 0. The highest BCUT2D eigenvalue weighted by Crippen LogP contribution is 2.25. The van der Waals surface area contributed by atoms with E-state index in [1.54, 1.807) is 11.3 Å². The third-order valence-corrected chi connectivity index (χ3v) is 6.02. The molecular weight excluding hydrogens is 346 g/mol. The van der Waals surface area contributed by atoms with Gasteiger partial charge in [-0.25, -0.2) is 0 Å². The molecule has 0 spiro atoms. The number of thiophene rings is 1. The minimum Gasteiger partial charge on any atom is -0.340 e. The lowest BCUT2D eigenvalue weighted by Crippen LogP contribution is -2.54. The van der Waals surface area contributed by atoms with Crippen molar-refractivity contribution < 1.29 is 9.59 Å². The van der Waals surface area contributed by atoms with Gasteiger partial charge >= 0.3 is 0 Å². The fourth-order valence-corrected chi connectivity index (χ4v) is 4.50. The number of carbonyl (C=O) groups excluding carboxylic acids is 2. The molecule has 2 aliphatic rings. The minimum absolute atomic E-state index is 0.0515. The normalized spacial score (nSPS) is 21.4. The molecule has 5 nitrogen and oxygen atoms in total. The first kappa shape index (κ1) is 17.2. The number of benzene rings is 1. The number of rotatable bonds is 4. The molecule has 4 rings (SSSR count). The smallest absolute Gasteiger partial charge is 0.244 e. The van der Waals surface area contributed by atoms with Gasteiger partial charge in [0.1, 0.15) is 0 Å². The Morgan fingerprint density at radius 1 is 1.04 bits per heavy atom. The SMILES string of the molecule is O=C(Cc1ccsc1)N1CCN([C@H]2CCN(c3ccccc3)C2=O)CC1. The minimum atomic E-state index is -0.0515. The number of para-hydroxylation sites is 1. The van der Waals surface area contributed by atoms with Gasteiger partial charge in [-0.3, -0.25) is 14.5 Å². The summed E-state index contributed by atoms with van der Waals surface area (Å²) in [5.74, 6) is 0.376. The zero-order valence-electron chi connectivity index (χ0n) is 14.7. The molecule has 0 unspecified atom stereocenters. The fourth-order valence-electron chi connectivity index (χ4n) is 3.83. The molecule has 2 amide bonds. The molecule has 0 radical (unpaired) electrons. The molecule has 6 heteroatoms. The van der Waals surface area contributed by atoms with Crippen molar-refractivity contribution in [3.63, 3.8) is 0 Å². The maximum atomic E-state index is 12.8. The van der Waals surface area contributed by atoms with Crippen LogP contribution in [-0.4, -0.2) is 60.4 Å². The summed E-state index contributed by atoms with van der Waals surface area (Å²) in [5.41, 5.74) is 2.07. The Hall–Kier alpha value is -2.18. The molecule has 1 atom stereocenters. The number of anilines is 1. The molecule has 1 aromatic carbocycles. The predicted molar refractivity (Wildman–Crippen MR) is 103 cm³/mol. The fraction of sp³-hybridized carbons (Fsp3) is 0.400. The van der Waals surface area contributed by atoms with E-state index in [9.17, 15) is 9.59 Å². The Kier molecular flexibility index (Phi) is 5.04. The van der Waals surface area contributed by atoms with Gasteiger partial charge in [0, 0.05) is 38.4 Å². The molecule has 2 saturated heterocycles. The number of hydrogen-bond donors (Lipinski definition) is 0. The second kappa shape index (κ2) is 7.60. The average molecular weight is 369 g/mol. The number of amides is 2. The van der Waals surface area contributed by atoms with Gasteiger partial charge in [-0.05, 0) is 40.9 Å². The summed E-state index contributed by atoms with van der Waals surface area (Å²) in [6.07, 6.45) is 1.34. The standard InChI is InChI=1S/C20H23N3O2S/c24-19(14-16-7-13-26-15-16)22-11-9-21(10-12-22)18-6-8-23(20(18)25)17-4-2-1-3-5-17/h1-5,7,13,15,18H,6,8-12,14H2/t18-/m0/s1. The van der Waals surface area contributed by atoms with Gasteiger partial charge in [-0.15, -0.1) is 0 Å². The second-order valence-electron chi connectivity index (χ2n) is 6.86. The van der Waals surface area contributed by atoms with Crippen LogP contribution in [0.1, 0.15) is 12.0 Å². The van der Waals surface area contributed by atoms with E-state index >= 15 is 0 Å². The van der Waals surface area contributed by atoms with Gasteiger partial charge in [-0.2, -0.15) is 11.3 Å². The Balaban J connectivity index is 1.32. The van der Waals surface area contributed by atoms with E-state index < -0.39 is 0 Å². The zero-order chi connectivity index (χ0) is 17.9. The molecule has 136 valence electrons. The largest absolute Gasteiger partial charge is 0.340 e. The van der Waals surface area contributed by atoms with Crippen LogP contribution in [0.2, 0.25) is 0 Å². The molecule has 0 bridgehead atoms. The molecule has 26 heavy (non-hydrogen) atoms. The molecule has 2 fully saturated rings. The number of piperazine rings is 1. The molecule has 1 aromatic heterocycles. The van der Waals surface area contributed by atoms with Crippen LogP contribution in [0.5, 0.6) is 0 Å². The van der Waals surface area contributed by atoms with Crippen molar-refractivity contribution >= 4 is 28.8 Å². The topological polar surface area (TPSA) is 43.9 Å². The molecule has 0 N–H and O–H groups in total. The quantitative estimate of drug-likeness (QED) is 0.830. The van der Waals surface area contributed by atoms with Crippen LogP contribution >= 0.6 is 11.3 Å². The van der Waals surface area contributed by atoms with E-state index in [-0.39, 0.29) is 17.9 Å². The van der Waals surface area contributed by atoms with Crippen LogP contribution in [0.4, 0.5) is 5.69 Å². The monoisotopic (exact) mass is 369 g/mol. The maximum Gasteiger partial charge on any atom is 0.244 e.